The number of hydrogen-bond donors (Lipinski definition) is 2. The van der Waals surface area contributed by atoms with Gasteiger partial charge in [-0.25, -0.2) is 0 Å². The molecular formula is C10H17NO2Si. The molecule has 2 N–H and O–H groups in total. The van der Waals surface area contributed by atoms with Gasteiger partial charge in [0.25, 0.3) is 0 Å². The van der Waals surface area contributed by atoms with Crippen LogP contribution in [0.3, 0.4) is 0 Å². The molecule has 1 rings (SSSR count). The van der Waals surface area contributed by atoms with E-state index in [1.807, 2.05) is 0 Å². The van der Waals surface area contributed by atoms with Gasteiger partial charge in [-0.15, -0.1) is 5.54 Å². The predicted octanol–water partition coefficient (Wildman–Crippen LogP) is 0.363. The Balaban J connectivity index is 2.63. The van der Waals surface area contributed by atoms with Crippen molar-refractivity contribution in [2.24, 2.45) is 5.92 Å². The molecule has 1 aliphatic heterocycles. The zero-order chi connectivity index (χ0) is 10.9. The summed E-state index contributed by atoms with van der Waals surface area (Å²) in [6.07, 6.45) is -0.607. The maximum absolute atomic E-state index is 11.1. The molecule has 3 atom stereocenters. The van der Waals surface area contributed by atoms with Crippen molar-refractivity contribution in [3.63, 3.8) is 0 Å². The van der Waals surface area contributed by atoms with Gasteiger partial charge in [-0.2, -0.15) is 0 Å². The highest BCUT2D eigenvalue weighted by Gasteiger charge is 2.41. The number of aliphatic hydroxyl groups excluding tert-OH is 1. The fraction of sp³-hybridized carbons (Fsp3) is 0.700. The van der Waals surface area contributed by atoms with Gasteiger partial charge in [0.2, 0.25) is 5.91 Å². The van der Waals surface area contributed by atoms with E-state index in [1.165, 1.54) is 0 Å². The molecule has 0 saturated carbocycles. The van der Waals surface area contributed by atoms with Crippen molar-refractivity contribution in [1.29, 1.82) is 0 Å². The van der Waals surface area contributed by atoms with Crippen LogP contribution in [0.4, 0.5) is 0 Å². The maximum atomic E-state index is 11.1. The maximum Gasteiger partial charge on any atom is 0.229 e. The number of rotatable bonds is 1. The first-order valence-corrected chi connectivity index (χ1v) is 8.32. The van der Waals surface area contributed by atoms with E-state index in [9.17, 15) is 9.90 Å². The fourth-order valence-corrected chi connectivity index (χ4v) is 1.90. The van der Waals surface area contributed by atoms with Crippen molar-refractivity contribution in [2.45, 2.75) is 38.7 Å². The third-order valence-corrected chi connectivity index (χ3v) is 2.98. The Kier molecular flexibility index (Phi) is 3.03. The van der Waals surface area contributed by atoms with Crippen molar-refractivity contribution < 1.29 is 9.90 Å². The standard InChI is InChI=1S/C10H17NO2Si/c1-7(12)9-8(11-10(9)13)5-6-14(2,3)4/h7-9,12H,1-4H3,(H,11,13)/t7-,8-,9-/m1/s1. The van der Waals surface area contributed by atoms with E-state index >= 15 is 0 Å². The SMILES string of the molecule is C[C@@H](O)[C@H]1C(=O)N[C@@H]1C#C[Si](C)(C)C. The molecule has 1 saturated heterocycles. The molecule has 0 aliphatic carbocycles. The van der Waals surface area contributed by atoms with Gasteiger partial charge in [-0.05, 0) is 6.92 Å². The molecule has 1 heterocycles. The fourth-order valence-electron chi connectivity index (χ4n) is 1.31. The van der Waals surface area contributed by atoms with Crippen molar-refractivity contribution >= 4 is 14.0 Å². The lowest BCUT2D eigenvalue weighted by molar-refractivity contribution is -0.138. The van der Waals surface area contributed by atoms with E-state index in [-0.39, 0.29) is 17.9 Å². The minimum absolute atomic E-state index is 0.0881. The molecule has 0 bridgehead atoms. The summed E-state index contributed by atoms with van der Waals surface area (Å²) in [5.41, 5.74) is 3.19. The van der Waals surface area contributed by atoms with Crippen LogP contribution in [0, 0.1) is 17.4 Å². The molecule has 0 radical (unpaired) electrons. The Labute approximate surface area is 85.9 Å². The van der Waals surface area contributed by atoms with Gasteiger partial charge in [-0.1, -0.05) is 25.6 Å². The predicted molar refractivity (Wildman–Crippen MR) is 58.2 cm³/mol. The molecule has 0 spiro atoms. The molecule has 0 aromatic carbocycles. The van der Waals surface area contributed by atoms with E-state index in [4.69, 9.17) is 0 Å². The van der Waals surface area contributed by atoms with Gasteiger partial charge in [-0.3, -0.25) is 4.79 Å². The molecule has 0 unspecified atom stereocenters. The highest BCUT2D eigenvalue weighted by atomic mass is 28.3. The average Bonchev–Trinajstić information content (AvgIpc) is 1.93. The summed E-state index contributed by atoms with van der Waals surface area (Å²) >= 11 is 0. The third-order valence-electron chi connectivity index (χ3n) is 2.08. The number of amides is 1. The minimum Gasteiger partial charge on any atom is -0.392 e. The van der Waals surface area contributed by atoms with Gasteiger partial charge in [0.15, 0.2) is 0 Å². The van der Waals surface area contributed by atoms with Crippen molar-refractivity contribution in [2.75, 3.05) is 0 Å². The Hall–Kier alpha value is -0.793. The van der Waals surface area contributed by atoms with Crippen molar-refractivity contribution in [3.05, 3.63) is 0 Å². The number of carbonyl (C=O) groups is 1. The van der Waals surface area contributed by atoms with Crippen LogP contribution in [0.5, 0.6) is 0 Å². The van der Waals surface area contributed by atoms with Crippen LogP contribution in [0.25, 0.3) is 0 Å². The summed E-state index contributed by atoms with van der Waals surface area (Å²) in [7, 11) is -1.38. The summed E-state index contributed by atoms with van der Waals surface area (Å²) in [4.78, 5) is 11.1. The molecule has 3 nitrogen and oxygen atoms in total. The van der Waals surface area contributed by atoms with E-state index in [0.717, 1.165) is 0 Å². The Morgan fingerprint density at radius 2 is 2.07 bits per heavy atom. The second kappa shape index (κ2) is 3.75. The second-order valence-electron chi connectivity index (χ2n) is 4.77. The largest absolute Gasteiger partial charge is 0.392 e. The van der Waals surface area contributed by atoms with Gasteiger partial charge >= 0.3 is 0 Å². The summed E-state index contributed by atoms with van der Waals surface area (Å²) < 4.78 is 0. The Morgan fingerprint density at radius 1 is 1.50 bits per heavy atom. The molecular weight excluding hydrogens is 194 g/mol. The number of carbonyl (C=O) groups excluding carboxylic acids is 1. The van der Waals surface area contributed by atoms with Crippen LogP contribution in [0.2, 0.25) is 19.6 Å². The van der Waals surface area contributed by atoms with Gasteiger partial charge in [0.05, 0.1) is 12.0 Å². The second-order valence-corrected chi connectivity index (χ2v) is 9.52. The van der Waals surface area contributed by atoms with Crippen LogP contribution >= 0.6 is 0 Å². The first-order valence-electron chi connectivity index (χ1n) is 4.82. The van der Waals surface area contributed by atoms with Crippen LogP contribution in [-0.2, 0) is 4.79 Å². The minimum atomic E-state index is -1.38. The average molecular weight is 211 g/mol. The number of hydrogen-bond acceptors (Lipinski definition) is 2. The lowest BCUT2D eigenvalue weighted by Gasteiger charge is -2.35. The van der Waals surface area contributed by atoms with Crippen LogP contribution in [-0.4, -0.2) is 31.2 Å². The quantitative estimate of drug-likeness (QED) is 0.374. The van der Waals surface area contributed by atoms with Crippen LogP contribution in [0.15, 0.2) is 0 Å². The monoisotopic (exact) mass is 211 g/mol. The summed E-state index contributed by atoms with van der Waals surface area (Å²) in [5.74, 6) is 2.62. The third kappa shape index (κ3) is 2.60. The zero-order valence-electron chi connectivity index (χ0n) is 9.09. The molecule has 4 heteroatoms. The molecule has 78 valence electrons. The molecule has 0 aromatic heterocycles. The van der Waals surface area contributed by atoms with Crippen molar-refractivity contribution in [3.8, 4) is 11.5 Å². The van der Waals surface area contributed by atoms with Gasteiger partial charge in [0, 0.05) is 0 Å². The topological polar surface area (TPSA) is 49.3 Å². The van der Waals surface area contributed by atoms with Crippen molar-refractivity contribution in [1.82, 2.24) is 5.32 Å². The van der Waals surface area contributed by atoms with Gasteiger partial charge in [0.1, 0.15) is 14.1 Å². The Morgan fingerprint density at radius 3 is 2.43 bits per heavy atom. The summed E-state index contributed by atoms with van der Waals surface area (Å²) in [6.45, 7) is 8.08. The molecule has 1 aliphatic rings. The zero-order valence-corrected chi connectivity index (χ0v) is 10.1. The molecule has 14 heavy (non-hydrogen) atoms. The molecule has 1 amide bonds. The van der Waals surface area contributed by atoms with Gasteiger partial charge < -0.3 is 10.4 Å². The smallest absolute Gasteiger partial charge is 0.229 e. The van der Waals surface area contributed by atoms with E-state index in [2.05, 4.69) is 36.4 Å². The molecule has 1 fully saturated rings. The number of aliphatic hydroxyl groups is 1. The van der Waals surface area contributed by atoms with Crippen LogP contribution < -0.4 is 5.32 Å². The lowest BCUT2D eigenvalue weighted by atomic mass is 9.87. The van der Waals surface area contributed by atoms with Crippen LogP contribution in [0.1, 0.15) is 6.92 Å². The Bertz CT molecular complexity index is 295. The molecule has 0 aromatic rings. The normalized spacial score (nSPS) is 28.2. The van der Waals surface area contributed by atoms with E-state index in [0.29, 0.717) is 0 Å². The first-order chi connectivity index (χ1) is 6.31. The van der Waals surface area contributed by atoms with E-state index in [1.54, 1.807) is 6.92 Å². The lowest BCUT2D eigenvalue weighted by Crippen LogP contribution is -2.61. The summed E-state index contributed by atoms with van der Waals surface area (Å²) in [5, 5.41) is 12.0. The highest BCUT2D eigenvalue weighted by molar-refractivity contribution is 6.83. The van der Waals surface area contributed by atoms with E-state index < -0.39 is 14.2 Å². The summed E-state index contributed by atoms with van der Waals surface area (Å²) in [6, 6.07) is -0.144. The highest BCUT2D eigenvalue weighted by Crippen LogP contribution is 2.18. The first kappa shape index (κ1) is 11.3. The number of β-lactam (4-membered cyclic amide) rings is 1. The number of nitrogens with one attached hydrogen (secondary N) is 1.